The number of ether oxygens (including phenoxy) is 1. The van der Waals surface area contributed by atoms with Gasteiger partial charge in [0.05, 0.1) is 31.5 Å². The van der Waals surface area contributed by atoms with Crippen molar-refractivity contribution in [1.29, 1.82) is 0 Å². The van der Waals surface area contributed by atoms with Crippen molar-refractivity contribution >= 4 is 70.9 Å². The van der Waals surface area contributed by atoms with Crippen LogP contribution in [0.3, 0.4) is 0 Å². The number of carbonyl (C=O) groups is 12. The molecule has 2 unspecified atom stereocenters. The summed E-state index contributed by atoms with van der Waals surface area (Å²) < 4.78 is 122. The maximum absolute atomic E-state index is 15.7. The molecule has 2 saturated heterocycles. The van der Waals surface area contributed by atoms with Crippen LogP contribution in [0.15, 0.2) is 11.1 Å². The van der Waals surface area contributed by atoms with Crippen LogP contribution in [0.25, 0.3) is 0 Å². The molecule has 12 amide bonds. The van der Waals surface area contributed by atoms with Gasteiger partial charge in [0.25, 0.3) is 0 Å². The van der Waals surface area contributed by atoms with Crippen LogP contribution in [-0.2, 0) is 62.3 Å². The Labute approximate surface area is 642 Å². The molecule has 3 N–H and O–H groups in total. The van der Waals surface area contributed by atoms with Crippen molar-refractivity contribution in [1.82, 2.24) is 60.0 Å². The lowest BCUT2D eigenvalue weighted by Gasteiger charge is -2.42. The van der Waals surface area contributed by atoms with Gasteiger partial charge in [0.2, 0.25) is 70.9 Å². The summed E-state index contributed by atoms with van der Waals surface area (Å²) in [4.78, 5) is 193. The van der Waals surface area contributed by atoms with Crippen LogP contribution in [0.2, 0.25) is 0 Å². The Morgan fingerprint density at radius 3 is 1.75 bits per heavy atom. The summed E-state index contributed by atoms with van der Waals surface area (Å²) in [5.74, 6) is -17.1. The van der Waals surface area contributed by atoms with Crippen LogP contribution in [-0.4, -0.2) is 289 Å². The molecule has 0 aromatic heterocycles. The number of carbonyl (C=O) groups excluding carboxylic acids is 12. The highest BCUT2D eigenvalue weighted by Crippen LogP contribution is 2.46. The minimum atomic E-state index is -5.22. The normalized spacial score (nSPS) is 31.5. The molecule has 7 rings (SSSR count). The number of halogens is 8. The van der Waals surface area contributed by atoms with Crippen molar-refractivity contribution in [2.24, 2.45) is 41.4 Å². The second-order valence-electron chi connectivity index (χ2n) is 33.2. The second kappa shape index (κ2) is 38.1. The lowest BCUT2D eigenvalue weighted by atomic mass is 9.76. The van der Waals surface area contributed by atoms with E-state index in [4.69, 9.17) is 4.74 Å². The van der Waals surface area contributed by atoms with Gasteiger partial charge in [-0.05, 0) is 147 Å². The predicted molar refractivity (Wildman–Crippen MR) is 390 cm³/mol. The van der Waals surface area contributed by atoms with E-state index in [0.717, 1.165) is 29.4 Å². The van der Waals surface area contributed by atoms with Crippen LogP contribution in [0.1, 0.15) is 190 Å². The molecule has 622 valence electrons. The quantitative estimate of drug-likeness (QED) is 0.122. The summed E-state index contributed by atoms with van der Waals surface area (Å²) in [7, 11) is 10.9. The molecule has 3 aliphatic heterocycles. The molecule has 12 atom stereocenters. The molecule has 7 aliphatic rings. The lowest BCUT2D eigenvalue weighted by molar-refractivity contribution is -0.219. The number of hydrogen-bond donors (Lipinski definition) is 3. The Bertz CT molecular complexity index is 3330. The highest BCUT2D eigenvalue weighted by molar-refractivity contribution is 6.01. The van der Waals surface area contributed by atoms with Crippen molar-refractivity contribution < 1.29 is 97.4 Å². The summed E-state index contributed by atoms with van der Waals surface area (Å²) in [6.07, 6.45) is -16.4. The highest BCUT2D eigenvalue weighted by atomic mass is 19.4. The molecule has 0 aromatic rings. The van der Waals surface area contributed by atoms with E-state index in [1.165, 1.54) is 71.1 Å². The fraction of sp³-hybridized carbons (Fsp3) is 0.818. The Morgan fingerprint density at radius 1 is 0.600 bits per heavy atom. The number of likely N-dealkylation sites (N-methyl/N-ethyl adjacent to an activating group) is 7. The molecular weight excluding hydrogens is 1450 g/mol. The summed E-state index contributed by atoms with van der Waals surface area (Å²) in [5.41, 5.74) is -0.507. The van der Waals surface area contributed by atoms with Crippen LogP contribution in [0.5, 0.6) is 0 Å². The van der Waals surface area contributed by atoms with Gasteiger partial charge in [-0.2, -0.15) is 26.3 Å². The highest BCUT2D eigenvalue weighted by Gasteiger charge is 2.56. The average molecular weight is 1570 g/mol. The standard InChI is InChI=1S/C77H120F8N12O13/c1-16-44(5)64-72(107)91(11)42-62(100)93(13)57-33-45(6)46(7)39-96(71(57)106)59(36-47-24-27-50(28-25-47)76(80,81)82)70(105)90(10)41-60(98)86-54(29-26-48-34-52(78)63(53(79)35-48)77(83,84)85)68(103)97-40-51(110-17-2)37-56(97)67(102)88-75(30-20-21-31-75)74(109)95(15)65(49-22-18-19-23-49)73(108)94(14)58(69(104)89(8)9)38-61(99)92(12)55(32-43(3)4)66(101)87-64/h43-44,47-59,63-65H,16-42H2,1-15H3,(H,86,98)(H,87,101)(H,88,102)/t44-,47?,48?,50?,51+,52?,53?,54-,55-,56-,57-,58-,59-,63?,64-,65-/m0/s1. The Kier molecular flexibility index (Phi) is 31.1. The molecule has 33 heteroatoms. The average Bonchev–Trinajstić information content (AvgIpc) is 1.54. The third-order valence-electron chi connectivity index (χ3n) is 24.7. The van der Waals surface area contributed by atoms with Crippen LogP contribution in [0, 0.1) is 41.4 Å². The number of amides is 12. The van der Waals surface area contributed by atoms with Gasteiger partial charge >= 0.3 is 12.4 Å². The van der Waals surface area contributed by atoms with E-state index in [0.29, 0.717) is 56.1 Å². The van der Waals surface area contributed by atoms with E-state index >= 15 is 37.5 Å². The molecule has 2 bridgehead atoms. The Balaban J connectivity index is 1.35. The summed E-state index contributed by atoms with van der Waals surface area (Å²) >= 11 is 0. The van der Waals surface area contributed by atoms with Gasteiger partial charge in [-0.25, -0.2) is 8.78 Å². The minimum Gasteiger partial charge on any atom is -0.377 e. The molecule has 6 fully saturated rings. The van der Waals surface area contributed by atoms with Gasteiger partial charge < -0.3 is 64.8 Å². The van der Waals surface area contributed by atoms with Gasteiger partial charge in [0.15, 0.2) is 0 Å². The van der Waals surface area contributed by atoms with E-state index in [1.807, 2.05) is 13.8 Å². The smallest absolute Gasteiger partial charge is 0.377 e. The summed E-state index contributed by atoms with van der Waals surface area (Å²) in [5, 5.41) is 8.50. The zero-order valence-corrected chi connectivity index (χ0v) is 66.8. The Morgan fingerprint density at radius 2 is 1.20 bits per heavy atom. The maximum Gasteiger partial charge on any atom is 0.397 e. The van der Waals surface area contributed by atoms with Gasteiger partial charge in [-0.15, -0.1) is 0 Å². The first kappa shape index (κ1) is 90.0. The molecule has 110 heavy (non-hydrogen) atoms. The topological polar surface area (TPSA) is 279 Å². The molecule has 25 nitrogen and oxygen atoms in total. The monoisotopic (exact) mass is 1570 g/mol. The first-order chi connectivity index (χ1) is 51.4. The van der Waals surface area contributed by atoms with Crippen molar-refractivity contribution in [3.05, 3.63) is 11.1 Å². The van der Waals surface area contributed by atoms with E-state index in [-0.39, 0.29) is 96.2 Å². The molecule has 0 radical (unpaired) electrons. The third kappa shape index (κ3) is 21.5. The van der Waals surface area contributed by atoms with Crippen LogP contribution >= 0.6 is 0 Å². The number of nitrogens with one attached hydrogen (secondary N) is 3. The zero-order chi connectivity index (χ0) is 82.1. The SMILES string of the molecule is CCO[C@@H]1C[C@H]2C(=O)NC3(CCCC3)C(=O)N(C)[C@@H](C3CCCC3)C(=O)N(C)[C@H](C(=O)N(C)C)CC(=O)N(C)[C@@H](CC(C)C)C(=O)N[C@@H]([C@@H](C)CC)C(=O)N(C)CC(=O)N(C)[C@H]3CC(C)=C(C)CN(C3=O)[C@@H](CC3CCC(C(F)(F)F)CC3)C(=O)N(C)CC(=O)N[C@@H](CCC3CC(F)C(C(F)(F)F)C(F)C3)C(=O)N2C1. The summed E-state index contributed by atoms with van der Waals surface area (Å²) in [6, 6.07) is -11.4. The number of rotatable bonds is 13. The number of alkyl halides is 8. The number of fused-ring (bicyclic) bond motifs is 3. The third-order valence-corrected chi connectivity index (χ3v) is 24.7. The zero-order valence-electron chi connectivity index (χ0n) is 66.8. The van der Waals surface area contributed by atoms with Gasteiger partial charge in [-0.3, -0.25) is 57.5 Å². The largest absolute Gasteiger partial charge is 0.397 e. The number of hydrogen-bond acceptors (Lipinski definition) is 13. The lowest BCUT2D eigenvalue weighted by Crippen LogP contribution is -2.65. The predicted octanol–water partition coefficient (Wildman–Crippen LogP) is 7.13. The first-order valence-electron chi connectivity index (χ1n) is 39.3. The van der Waals surface area contributed by atoms with Crippen molar-refractivity contribution in [3.63, 3.8) is 0 Å². The van der Waals surface area contributed by atoms with Crippen LogP contribution < -0.4 is 16.0 Å². The molecule has 4 saturated carbocycles. The van der Waals surface area contributed by atoms with E-state index in [1.54, 1.807) is 34.6 Å². The fourth-order valence-corrected chi connectivity index (χ4v) is 17.6. The fourth-order valence-electron chi connectivity index (χ4n) is 17.6. The maximum atomic E-state index is 15.7. The molecule has 4 aliphatic carbocycles. The second-order valence-corrected chi connectivity index (χ2v) is 33.2. The summed E-state index contributed by atoms with van der Waals surface area (Å²) in [6.45, 7) is 10.2. The molecule has 3 heterocycles. The van der Waals surface area contributed by atoms with E-state index < -0.39 is 230 Å². The first-order valence-corrected chi connectivity index (χ1v) is 39.3. The Hall–Kier alpha value is -7.22. The van der Waals surface area contributed by atoms with Gasteiger partial charge in [-0.1, -0.05) is 70.9 Å². The molecule has 0 aromatic carbocycles. The van der Waals surface area contributed by atoms with Gasteiger partial charge in [0.1, 0.15) is 72.1 Å². The number of nitrogens with zero attached hydrogens (tertiary/aromatic N) is 9. The molecule has 1 spiro atoms. The van der Waals surface area contributed by atoms with E-state index in [9.17, 15) is 55.1 Å². The van der Waals surface area contributed by atoms with E-state index in [2.05, 4.69) is 16.0 Å². The van der Waals surface area contributed by atoms with Crippen molar-refractivity contribution in [2.45, 2.75) is 274 Å². The molecular formula is C77H120F8N12O13. The van der Waals surface area contributed by atoms with Crippen LogP contribution in [0.4, 0.5) is 35.1 Å². The van der Waals surface area contributed by atoms with Gasteiger partial charge in [0, 0.05) is 82.5 Å². The minimum absolute atomic E-state index is 0.0111. The van der Waals surface area contributed by atoms with Crippen molar-refractivity contribution in [2.75, 3.05) is 89.2 Å². The van der Waals surface area contributed by atoms with Crippen molar-refractivity contribution in [3.8, 4) is 0 Å².